The molecule has 0 unspecified atom stereocenters. The van der Waals surface area contributed by atoms with Crippen molar-refractivity contribution in [3.63, 3.8) is 0 Å². The van der Waals surface area contributed by atoms with Crippen molar-refractivity contribution in [3.05, 3.63) is 78.9 Å². The van der Waals surface area contributed by atoms with Gasteiger partial charge in [-0.15, -0.1) is 0 Å². The number of fused-ring (bicyclic) bond motifs is 1. The zero-order chi connectivity index (χ0) is 21.1. The van der Waals surface area contributed by atoms with Crippen LogP contribution >= 0.6 is 0 Å². The molecule has 30 heavy (non-hydrogen) atoms. The molecule has 6 nitrogen and oxygen atoms in total. The van der Waals surface area contributed by atoms with Gasteiger partial charge in [-0.2, -0.15) is 0 Å². The Balaban J connectivity index is 1.44. The number of carbonyl (C=O) groups is 2. The molecule has 3 aromatic rings. The van der Waals surface area contributed by atoms with Gasteiger partial charge in [-0.05, 0) is 62.4 Å². The Labute approximate surface area is 175 Å². The Morgan fingerprint density at radius 3 is 2.30 bits per heavy atom. The second-order valence-electron chi connectivity index (χ2n) is 7.65. The van der Waals surface area contributed by atoms with Gasteiger partial charge in [0.2, 0.25) is 5.91 Å². The van der Waals surface area contributed by atoms with Gasteiger partial charge >= 0.3 is 0 Å². The average Bonchev–Trinajstić information content (AvgIpc) is 2.73. The van der Waals surface area contributed by atoms with Gasteiger partial charge in [0.1, 0.15) is 23.6 Å². The lowest BCUT2D eigenvalue weighted by molar-refractivity contribution is -0.124. The van der Waals surface area contributed by atoms with Crippen molar-refractivity contribution in [2.24, 2.45) is 0 Å². The van der Waals surface area contributed by atoms with Gasteiger partial charge in [-0.1, -0.05) is 30.3 Å². The summed E-state index contributed by atoms with van der Waals surface area (Å²) < 4.78 is 5.76. The number of anilines is 3. The number of amides is 2. The summed E-state index contributed by atoms with van der Waals surface area (Å²) in [6.45, 7) is 3.55. The van der Waals surface area contributed by atoms with Crippen molar-refractivity contribution in [2.45, 2.75) is 19.4 Å². The molecule has 0 aromatic heterocycles. The summed E-state index contributed by atoms with van der Waals surface area (Å²) in [4.78, 5) is 27.1. The summed E-state index contributed by atoms with van der Waals surface area (Å²) in [7, 11) is 0. The summed E-state index contributed by atoms with van der Waals surface area (Å²) >= 11 is 0. The lowest BCUT2D eigenvalue weighted by Crippen LogP contribution is -2.55. The summed E-state index contributed by atoms with van der Waals surface area (Å²) in [5.74, 6) is 0.996. The van der Waals surface area contributed by atoms with Gasteiger partial charge in [0.15, 0.2) is 0 Å². The molecule has 0 spiro atoms. The van der Waals surface area contributed by atoms with Crippen LogP contribution in [0.1, 0.15) is 13.8 Å². The van der Waals surface area contributed by atoms with E-state index in [1.807, 2.05) is 68.4 Å². The fourth-order valence-corrected chi connectivity index (χ4v) is 3.38. The van der Waals surface area contributed by atoms with E-state index in [1.54, 1.807) is 24.3 Å². The number of hydrogen-bond donors (Lipinski definition) is 2. The Bertz CT molecular complexity index is 1060. The first-order valence-corrected chi connectivity index (χ1v) is 9.74. The molecular formula is C24H23N3O3. The van der Waals surface area contributed by atoms with Gasteiger partial charge in [0, 0.05) is 5.69 Å². The van der Waals surface area contributed by atoms with E-state index in [0.717, 1.165) is 11.4 Å². The van der Waals surface area contributed by atoms with Crippen molar-refractivity contribution < 1.29 is 14.3 Å². The number of nitrogens with zero attached hydrogens (tertiary/aromatic N) is 1. The number of para-hydroxylation sites is 3. The highest BCUT2D eigenvalue weighted by Gasteiger charge is 2.39. The Morgan fingerprint density at radius 2 is 1.57 bits per heavy atom. The van der Waals surface area contributed by atoms with E-state index in [2.05, 4.69) is 10.6 Å². The SMILES string of the molecule is CC1(C)Nc2ccccc2N(CC(=O)Nc2ccc(Oc3ccccc3)cc2)C1=O. The monoisotopic (exact) mass is 401 g/mol. The Kier molecular flexibility index (Phi) is 5.14. The number of carbonyl (C=O) groups excluding carboxylic acids is 2. The standard InChI is InChI=1S/C24H23N3O3/c1-24(2)23(29)27(21-11-7-6-10-20(21)26-24)16-22(28)25-17-12-14-19(15-13-17)30-18-8-4-3-5-9-18/h3-15,26H,16H2,1-2H3,(H,25,28). The maximum Gasteiger partial charge on any atom is 0.252 e. The van der Waals surface area contributed by atoms with Gasteiger partial charge < -0.3 is 15.4 Å². The van der Waals surface area contributed by atoms with Crippen molar-refractivity contribution >= 4 is 28.9 Å². The molecule has 0 fully saturated rings. The summed E-state index contributed by atoms with van der Waals surface area (Å²) in [5, 5.41) is 6.08. The number of nitrogens with one attached hydrogen (secondary N) is 2. The zero-order valence-electron chi connectivity index (χ0n) is 16.9. The molecule has 0 atom stereocenters. The van der Waals surface area contributed by atoms with E-state index in [-0.39, 0.29) is 18.4 Å². The van der Waals surface area contributed by atoms with Crippen LogP contribution < -0.4 is 20.3 Å². The molecule has 2 N–H and O–H groups in total. The molecule has 1 heterocycles. The fourth-order valence-electron chi connectivity index (χ4n) is 3.38. The van der Waals surface area contributed by atoms with Crippen molar-refractivity contribution in [1.82, 2.24) is 0 Å². The summed E-state index contributed by atoms with van der Waals surface area (Å²) in [6.07, 6.45) is 0. The molecule has 152 valence electrons. The van der Waals surface area contributed by atoms with Gasteiger partial charge in [0.25, 0.3) is 5.91 Å². The average molecular weight is 401 g/mol. The molecule has 1 aliphatic rings. The molecule has 0 bridgehead atoms. The minimum atomic E-state index is -0.787. The van der Waals surface area contributed by atoms with Crippen LogP contribution in [-0.2, 0) is 9.59 Å². The molecule has 6 heteroatoms. The van der Waals surface area contributed by atoms with Crippen LogP contribution in [0.15, 0.2) is 78.9 Å². The van der Waals surface area contributed by atoms with Crippen molar-refractivity contribution in [2.75, 3.05) is 22.1 Å². The second kappa shape index (κ2) is 7.91. The lowest BCUT2D eigenvalue weighted by atomic mass is 9.98. The maximum atomic E-state index is 12.9. The van der Waals surface area contributed by atoms with Gasteiger partial charge in [-0.25, -0.2) is 0 Å². The molecule has 0 aliphatic carbocycles. The Morgan fingerprint density at radius 1 is 0.933 bits per heavy atom. The first-order chi connectivity index (χ1) is 14.4. The zero-order valence-corrected chi connectivity index (χ0v) is 16.9. The van der Waals surface area contributed by atoms with E-state index in [9.17, 15) is 9.59 Å². The Hall–Kier alpha value is -3.80. The van der Waals surface area contributed by atoms with E-state index >= 15 is 0 Å². The van der Waals surface area contributed by atoms with Crippen LogP contribution in [0.5, 0.6) is 11.5 Å². The highest BCUT2D eigenvalue weighted by atomic mass is 16.5. The topological polar surface area (TPSA) is 70.7 Å². The molecule has 3 aromatic carbocycles. The van der Waals surface area contributed by atoms with Crippen LogP contribution in [0, 0.1) is 0 Å². The second-order valence-corrected chi connectivity index (χ2v) is 7.65. The van der Waals surface area contributed by atoms with Gasteiger partial charge in [0.05, 0.1) is 11.4 Å². The lowest BCUT2D eigenvalue weighted by Gasteiger charge is -2.39. The molecular weight excluding hydrogens is 378 g/mol. The normalized spacial score (nSPS) is 14.5. The predicted octanol–water partition coefficient (Wildman–Crippen LogP) is 4.65. The van der Waals surface area contributed by atoms with Crippen LogP contribution in [0.2, 0.25) is 0 Å². The number of ether oxygens (including phenoxy) is 1. The van der Waals surface area contributed by atoms with Crippen molar-refractivity contribution in [3.8, 4) is 11.5 Å². The largest absolute Gasteiger partial charge is 0.457 e. The molecule has 0 saturated heterocycles. The van der Waals surface area contributed by atoms with Gasteiger partial charge in [-0.3, -0.25) is 14.5 Å². The number of benzene rings is 3. The van der Waals surface area contributed by atoms with Crippen LogP contribution in [0.3, 0.4) is 0 Å². The van der Waals surface area contributed by atoms with E-state index < -0.39 is 5.54 Å². The van der Waals surface area contributed by atoms with Crippen LogP contribution in [0.4, 0.5) is 17.1 Å². The van der Waals surface area contributed by atoms with Crippen LogP contribution in [0.25, 0.3) is 0 Å². The maximum absolute atomic E-state index is 12.9. The summed E-state index contributed by atoms with van der Waals surface area (Å²) in [5.41, 5.74) is 1.38. The highest BCUT2D eigenvalue weighted by Crippen LogP contribution is 2.34. The molecule has 1 aliphatic heterocycles. The fraction of sp³-hybridized carbons (Fsp3) is 0.167. The van der Waals surface area contributed by atoms with Crippen LogP contribution in [-0.4, -0.2) is 23.9 Å². The highest BCUT2D eigenvalue weighted by molar-refractivity contribution is 6.11. The molecule has 0 saturated carbocycles. The first-order valence-electron chi connectivity index (χ1n) is 9.74. The molecule has 4 rings (SSSR count). The molecule has 0 radical (unpaired) electrons. The minimum Gasteiger partial charge on any atom is -0.457 e. The smallest absolute Gasteiger partial charge is 0.252 e. The van der Waals surface area contributed by atoms with E-state index in [0.29, 0.717) is 17.1 Å². The molecule has 2 amide bonds. The summed E-state index contributed by atoms with van der Waals surface area (Å²) in [6, 6.07) is 24.1. The first kappa shape index (κ1) is 19.5. The predicted molar refractivity (Wildman–Crippen MR) is 118 cm³/mol. The number of rotatable bonds is 5. The third-order valence-corrected chi connectivity index (χ3v) is 4.84. The third kappa shape index (κ3) is 4.12. The quantitative estimate of drug-likeness (QED) is 0.653. The third-order valence-electron chi connectivity index (χ3n) is 4.84. The van der Waals surface area contributed by atoms with E-state index in [4.69, 9.17) is 4.74 Å². The van der Waals surface area contributed by atoms with E-state index in [1.165, 1.54) is 4.90 Å². The van der Waals surface area contributed by atoms with Crippen molar-refractivity contribution in [1.29, 1.82) is 0 Å². The minimum absolute atomic E-state index is 0.0662. The number of hydrogen-bond acceptors (Lipinski definition) is 4.